The first-order valence-corrected chi connectivity index (χ1v) is 9.11. The Kier molecular flexibility index (Phi) is 8.23. The van der Waals surface area contributed by atoms with E-state index < -0.39 is 0 Å². The predicted molar refractivity (Wildman–Crippen MR) is 104 cm³/mol. The predicted octanol–water partition coefficient (Wildman–Crippen LogP) is 2.96. The van der Waals surface area contributed by atoms with E-state index >= 15 is 0 Å². The summed E-state index contributed by atoms with van der Waals surface area (Å²) in [6.07, 6.45) is 2.11. The van der Waals surface area contributed by atoms with Gasteiger partial charge in [-0.2, -0.15) is 0 Å². The van der Waals surface area contributed by atoms with Gasteiger partial charge >= 0.3 is 0 Å². The molecule has 0 atom stereocenters. The summed E-state index contributed by atoms with van der Waals surface area (Å²) in [6.45, 7) is 23.9. The van der Waals surface area contributed by atoms with Gasteiger partial charge in [-0.1, -0.05) is 13.8 Å². The van der Waals surface area contributed by atoms with Crippen LogP contribution < -0.4 is 16.8 Å². The van der Waals surface area contributed by atoms with Gasteiger partial charge in [-0.25, -0.2) is 0 Å². The van der Waals surface area contributed by atoms with E-state index in [4.69, 9.17) is 11.5 Å². The van der Waals surface area contributed by atoms with Gasteiger partial charge in [0.15, 0.2) is 0 Å². The van der Waals surface area contributed by atoms with E-state index in [0.29, 0.717) is 6.54 Å². The highest BCUT2D eigenvalue weighted by atomic mass is 15.2. The van der Waals surface area contributed by atoms with Gasteiger partial charge in [0.25, 0.3) is 0 Å². The molecule has 0 aromatic rings. The summed E-state index contributed by atoms with van der Waals surface area (Å²) in [5, 5.41) is 3.61. The largest absolute Gasteiger partial charge is 0.329 e. The minimum absolute atomic E-state index is 0.0667. The molecule has 0 aromatic carbocycles. The summed E-state index contributed by atoms with van der Waals surface area (Å²) in [5.41, 5.74) is 12.3. The average molecular weight is 329 g/mol. The number of nitrogens with one attached hydrogen (secondary N) is 1. The summed E-state index contributed by atoms with van der Waals surface area (Å²) in [4.78, 5) is 2.53. The molecule has 0 saturated carbocycles. The molecule has 23 heavy (non-hydrogen) atoms. The topological polar surface area (TPSA) is 67.3 Å². The van der Waals surface area contributed by atoms with Gasteiger partial charge in [0.2, 0.25) is 0 Å². The first-order valence-electron chi connectivity index (χ1n) is 9.11. The molecule has 0 aliphatic rings. The van der Waals surface area contributed by atoms with E-state index in [-0.39, 0.29) is 22.0 Å². The standard InChI is InChI=1S/C19H44N4/c1-16(2,3)22-13-10-17(4,5)19(8,9)23(15-12-20)14-11-18(6,7)21/h22H,10-15,20-21H2,1-9H3. The van der Waals surface area contributed by atoms with Crippen LogP contribution in [0.3, 0.4) is 0 Å². The van der Waals surface area contributed by atoms with Gasteiger partial charge in [0, 0.05) is 36.3 Å². The Morgan fingerprint density at radius 1 is 0.826 bits per heavy atom. The zero-order valence-electron chi connectivity index (χ0n) is 17.3. The maximum absolute atomic E-state index is 6.19. The Bertz CT molecular complexity index is 334. The lowest BCUT2D eigenvalue weighted by Crippen LogP contribution is -2.57. The van der Waals surface area contributed by atoms with Crippen LogP contribution in [0.2, 0.25) is 0 Å². The van der Waals surface area contributed by atoms with Crippen molar-refractivity contribution >= 4 is 0 Å². The molecule has 0 aromatic heterocycles. The molecule has 0 aliphatic carbocycles. The fourth-order valence-electron chi connectivity index (χ4n) is 2.73. The van der Waals surface area contributed by atoms with Gasteiger partial charge in [-0.3, -0.25) is 4.90 Å². The van der Waals surface area contributed by atoms with Crippen LogP contribution in [0, 0.1) is 5.41 Å². The third kappa shape index (κ3) is 8.48. The molecule has 0 heterocycles. The van der Waals surface area contributed by atoms with Gasteiger partial charge < -0.3 is 16.8 Å². The Hall–Kier alpha value is -0.160. The maximum Gasteiger partial charge on any atom is 0.0205 e. The van der Waals surface area contributed by atoms with Gasteiger partial charge in [-0.05, 0) is 73.3 Å². The lowest BCUT2D eigenvalue weighted by molar-refractivity contribution is 0.00323. The summed E-state index contributed by atoms with van der Waals surface area (Å²) >= 11 is 0. The monoisotopic (exact) mass is 328 g/mol. The van der Waals surface area contributed by atoms with Crippen LogP contribution >= 0.6 is 0 Å². The molecule has 5 N–H and O–H groups in total. The normalized spacial score (nSPS) is 14.6. The van der Waals surface area contributed by atoms with Crippen LogP contribution in [-0.4, -0.2) is 47.7 Å². The molecular formula is C19H44N4. The van der Waals surface area contributed by atoms with Crippen molar-refractivity contribution in [1.82, 2.24) is 10.2 Å². The number of hydrogen-bond donors (Lipinski definition) is 3. The van der Waals surface area contributed by atoms with Gasteiger partial charge in [-0.15, -0.1) is 0 Å². The summed E-state index contributed by atoms with van der Waals surface area (Å²) in [6, 6.07) is 0. The molecule has 0 spiro atoms. The van der Waals surface area contributed by atoms with Crippen LogP contribution in [-0.2, 0) is 0 Å². The highest BCUT2D eigenvalue weighted by molar-refractivity contribution is 4.96. The Balaban J connectivity index is 4.94. The number of nitrogens with zero attached hydrogens (tertiary/aromatic N) is 1. The summed E-state index contributed by atoms with van der Waals surface area (Å²) in [7, 11) is 0. The molecule has 0 radical (unpaired) electrons. The van der Waals surface area contributed by atoms with E-state index in [0.717, 1.165) is 32.5 Å². The van der Waals surface area contributed by atoms with Crippen LogP contribution in [0.15, 0.2) is 0 Å². The lowest BCUT2D eigenvalue weighted by atomic mass is 9.70. The minimum atomic E-state index is -0.138. The molecule has 0 bridgehead atoms. The van der Waals surface area contributed by atoms with E-state index in [1.807, 2.05) is 0 Å². The molecule has 4 nitrogen and oxygen atoms in total. The molecule has 0 rings (SSSR count). The molecule has 0 aliphatic heterocycles. The van der Waals surface area contributed by atoms with E-state index in [2.05, 4.69) is 72.5 Å². The number of rotatable bonds is 10. The molecule has 0 unspecified atom stereocenters. The van der Waals surface area contributed by atoms with E-state index in [9.17, 15) is 0 Å². The second kappa shape index (κ2) is 8.28. The molecule has 0 amide bonds. The molecule has 0 fully saturated rings. The average Bonchev–Trinajstić information content (AvgIpc) is 2.30. The Morgan fingerprint density at radius 3 is 1.74 bits per heavy atom. The maximum atomic E-state index is 6.19. The van der Waals surface area contributed by atoms with Crippen molar-refractivity contribution in [3.05, 3.63) is 0 Å². The first-order chi connectivity index (χ1) is 10.1. The van der Waals surface area contributed by atoms with Crippen molar-refractivity contribution < 1.29 is 0 Å². The Morgan fingerprint density at radius 2 is 1.35 bits per heavy atom. The van der Waals surface area contributed by atoms with Crippen LogP contribution in [0.5, 0.6) is 0 Å². The SMILES string of the molecule is CC(C)(N)CCN(CCN)C(C)(C)C(C)(C)CCNC(C)(C)C. The fraction of sp³-hybridized carbons (Fsp3) is 1.00. The Labute approximate surface area is 145 Å². The number of hydrogen-bond acceptors (Lipinski definition) is 4. The minimum Gasteiger partial charge on any atom is -0.329 e. The smallest absolute Gasteiger partial charge is 0.0205 e. The zero-order chi connectivity index (χ0) is 18.5. The van der Waals surface area contributed by atoms with Crippen molar-refractivity contribution in [2.45, 2.75) is 91.8 Å². The van der Waals surface area contributed by atoms with Crippen molar-refractivity contribution in [3.8, 4) is 0 Å². The summed E-state index contributed by atoms with van der Waals surface area (Å²) < 4.78 is 0. The van der Waals surface area contributed by atoms with Gasteiger partial charge in [0.1, 0.15) is 0 Å². The highest BCUT2D eigenvalue weighted by Gasteiger charge is 2.41. The van der Waals surface area contributed by atoms with Crippen LogP contribution in [0.25, 0.3) is 0 Å². The molecule has 0 saturated heterocycles. The zero-order valence-corrected chi connectivity index (χ0v) is 17.3. The van der Waals surface area contributed by atoms with E-state index in [1.54, 1.807) is 0 Å². The van der Waals surface area contributed by atoms with Gasteiger partial charge in [0.05, 0.1) is 0 Å². The van der Waals surface area contributed by atoms with Crippen molar-refractivity contribution in [3.63, 3.8) is 0 Å². The third-order valence-electron chi connectivity index (χ3n) is 5.28. The molecule has 4 heteroatoms. The second-order valence-electron chi connectivity index (χ2n) is 9.88. The first kappa shape index (κ1) is 22.8. The number of nitrogens with two attached hydrogens (primary N) is 2. The van der Waals surface area contributed by atoms with Crippen LogP contribution in [0.1, 0.15) is 75.2 Å². The van der Waals surface area contributed by atoms with E-state index in [1.165, 1.54) is 0 Å². The second-order valence-corrected chi connectivity index (χ2v) is 9.88. The van der Waals surface area contributed by atoms with Crippen LogP contribution in [0.4, 0.5) is 0 Å². The molecular weight excluding hydrogens is 284 g/mol. The lowest BCUT2D eigenvalue weighted by Gasteiger charge is -2.50. The highest BCUT2D eigenvalue weighted by Crippen LogP contribution is 2.38. The molecule has 140 valence electrons. The summed E-state index contributed by atoms with van der Waals surface area (Å²) in [5.74, 6) is 0. The third-order valence-corrected chi connectivity index (χ3v) is 5.28. The fourth-order valence-corrected chi connectivity index (χ4v) is 2.73. The van der Waals surface area contributed by atoms with Crippen molar-refractivity contribution in [1.29, 1.82) is 0 Å². The quantitative estimate of drug-likeness (QED) is 0.577. The van der Waals surface area contributed by atoms with Crippen molar-refractivity contribution in [2.75, 3.05) is 26.2 Å². The van der Waals surface area contributed by atoms with Crippen molar-refractivity contribution in [2.24, 2.45) is 16.9 Å².